The summed E-state index contributed by atoms with van der Waals surface area (Å²) in [5, 5.41) is 2.54. The zero-order chi connectivity index (χ0) is 10.6. The van der Waals surface area contributed by atoms with Gasteiger partial charge in [0.05, 0.1) is 6.61 Å². The maximum Gasteiger partial charge on any atom is 0.411 e. The minimum atomic E-state index is -4.30. The Labute approximate surface area is 79.0 Å². The van der Waals surface area contributed by atoms with Crippen LogP contribution in [-0.2, 0) is 4.74 Å². The van der Waals surface area contributed by atoms with Crippen LogP contribution >= 0.6 is 0 Å². The minimum Gasteiger partial charge on any atom is -0.370 e. The maximum absolute atomic E-state index is 11.6. The summed E-state index contributed by atoms with van der Waals surface area (Å²) < 4.78 is 39.2. The molecular formula is C7H11F3N2O2. The molecule has 7 heteroatoms. The topological polar surface area (TPSA) is 41.6 Å². The first kappa shape index (κ1) is 11.1. The fourth-order valence-corrected chi connectivity index (χ4v) is 1.09. The maximum atomic E-state index is 11.6. The van der Waals surface area contributed by atoms with Gasteiger partial charge in [0.2, 0.25) is 0 Å². The average molecular weight is 212 g/mol. The van der Waals surface area contributed by atoms with Crippen LogP contribution < -0.4 is 5.32 Å². The van der Waals surface area contributed by atoms with Crippen molar-refractivity contribution in [3.8, 4) is 0 Å². The van der Waals surface area contributed by atoms with E-state index in [9.17, 15) is 18.0 Å². The van der Waals surface area contributed by atoms with Gasteiger partial charge in [0.1, 0.15) is 6.61 Å². The summed E-state index contributed by atoms with van der Waals surface area (Å²) in [4.78, 5) is 12.3. The molecule has 1 rings (SSSR count). The number of carbonyl (C=O) groups is 1. The van der Waals surface area contributed by atoms with Crippen molar-refractivity contribution < 1.29 is 22.7 Å². The Morgan fingerprint density at radius 3 is 2.71 bits per heavy atom. The van der Waals surface area contributed by atoms with Crippen LogP contribution in [0.15, 0.2) is 0 Å². The molecule has 82 valence electrons. The van der Waals surface area contributed by atoms with Crippen molar-refractivity contribution >= 4 is 6.03 Å². The number of halogens is 3. The summed E-state index contributed by atoms with van der Waals surface area (Å²) in [5.74, 6) is 0. The van der Waals surface area contributed by atoms with Gasteiger partial charge in [0, 0.05) is 19.6 Å². The van der Waals surface area contributed by atoms with Crippen molar-refractivity contribution in [3.63, 3.8) is 0 Å². The van der Waals surface area contributed by atoms with Gasteiger partial charge in [-0.25, -0.2) is 4.79 Å². The van der Waals surface area contributed by atoms with Crippen LogP contribution in [0.2, 0.25) is 0 Å². The first-order chi connectivity index (χ1) is 6.49. The number of nitrogens with one attached hydrogen (secondary N) is 1. The van der Waals surface area contributed by atoms with Crippen LogP contribution in [0.5, 0.6) is 0 Å². The van der Waals surface area contributed by atoms with E-state index in [4.69, 9.17) is 0 Å². The highest BCUT2D eigenvalue weighted by molar-refractivity contribution is 5.76. The Balaban J connectivity index is 2.07. The smallest absolute Gasteiger partial charge is 0.370 e. The lowest BCUT2D eigenvalue weighted by Gasteiger charge is -2.14. The quantitative estimate of drug-likeness (QED) is 0.693. The summed E-state index contributed by atoms with van der Waals surface area (Å²) in [7, 11) is 0. The van der Waals surface area contributed by atoms with Gasteiger partial charge in [-0.05, 0) is 0 Å². The van der Waals surface area contributed by atoms with Gasteiger partial charge in [0.15, 0.2) is 0 Å². The Hall–Kier alpha value is -0.980. The lowest BCUT2D eigenvalue weighted by atomic mass is 10.5. The van der Waals surface area contributed by atoms with Gasteiger partial charge in [-0.3, -0.25) is 0 Å². The highest BCUT2D eigenvalue weighted by atomic mass is 19.4. The molecule has 0 aromatic carbocycles. The second kappa shape index (κ2) is 4.50. The van der Waals surface area contributed by atoms with Gasteiger partial charge >= 0.3 is 12.2 Å². The predicted octanol–water partition coefficient (Wildman–Crippen LogP) is 0.590. The second-order valence-electron chi connectivity index (χ2n) is 2.89. The summed E-state index contributed by atoms with van der Waals surface area (Å²) in [6.07, 6.45) is -4.30. The standard InChI is InChI=1S/C7H11F3N2O2/c8-7(9,10)5-14-4-3-12-2-1-11-6(12)13/h1-5H2,(H,11,13). The Bertz CT molecular complexity index is 208. The van der Waals surface area contributed by atoms with E-state index in [0.29, 0.717) is 13.1 Å². The van der Waals surface area contributed by atoms with Crippen molar-refractivity contribution in [2.45, 2.75) is 6.18 Å². The van der Waals surface area contributed by atoms with Gasteiger partial charge in [-0.1, -0.05) is 0 Å². The number of ether oxygens (including phenoxy) is 1. The fourth-order valence-electron chi connectivity index (χ4n) is 1.09. The summed E-state index contributed by atoms with van der Waals surface area (Å²) in [6, 6.07) is -0.249. The highest BCUT2D eigenvalue weighted by Gasteiger charge is 2.27. The summed E-state index contributed by atoms with van der Waals surface area (Å²) in [5.41, 5.74) is 0. The van der Waals surface area contributed by atoms with Crippen molar-refractivity contribution in [3.05, 3.63) is 0 Å². The van der Waals surface area contributed by atoms with Crippen LogP contribution in [0, 0.1) is 0 Å². The van der Waals surface area contributed by atoms with E-state index in [1.165, 1.54) is 4.90 Å². The van der Waals surface area contributed by atoms with E-state index in [1.807, 2.05) is 0 Å². The van der Waals surface area contributed by atoms with Crippen molar-refractivity contribution in [2.24, 2.45) is 0 Å². The van der Waals surface area contributed by atoms with Gasteiger partial charge in [0.25, 0.3) is 0 Å². The van der Waals surface area contributed by atoms with Crippen LogP contribution in [-0.4, -0.2) is 50.0 Å². The lowest BCUT2D eigenvalue weighted by Crippen LogP contribution is -2.32. The third kappa shape index (κ3) is 3.82. The molecule has 0 aliphatic carbocycles. The molecule has 0 aromatic heterocycles. The number of nitrogens with zero attached hydrogens (tertiary/aromatic N) is 1. The molecule has 2 amide bonds. The molecule has 0 spiro atoms. The molecule has 1 heterocycles. The molecular weight excluding hydrogens is 201 g/mol. The van der Waals surface area contributed by atoms with Gasteiger partial charge in [-0.2, -0.15) is 13.2 Å². The average Bonchev–Trinajstić information content (AvgIpc) is 2.44. The molecule has 4 nitrogen and oxygen atoms in total. The molecule has 14 heavy (non-hydrogen) atoms. The van der Waals surface area contributed by atoms with Gasteiger partial charge in [-0.15, -0.1) is 0 Å². The Morgan fingerprint density at radius 1 is 1.50 bits per heavy atom. The molecule has 1 aliphatic heterocycles. The van der Waals surface area contributed by atoms with Crippen LogP contribution in [0.4, 0.5) is 18.0 Å². The van der Waals surface area contributed by atoms with E-state index in [1.54, 1.807) is 0 Å². The van der Waals surface area contributed by atoms with E-state index in [-0.39, 0.29) is 19.2 Å². The number of hydrogen-bond donors (Lipinski definition) is 1. The normalized spacial score (nSPS) is 17.4. The first-order valence-corrected chi connectivity index (χ1v) is 4.16. The summed E-state index contributed by atoms with van der Waals surface area (Å²) in [6.45, 7) is -0.0936. The number of urea groups is 1. The zero-order valence-electron chi connectivity index (χ0n) is 7.43. The highest BCUT2D eigenvalue weighted by Crippen LogP contribution is 2.14. The molecule has 1 fully saturated rings. The number of carbonyl (C=O) groups excluding carboxylic acids is 1. The van der Waals surface area contributed by atoms with E-state index < -0.39 is 12.8 Å². The fraction of sp³-hybridized carbons (Fsp3) is 0.857. The van der Waals surface area contributed by atoms with E-state index in [2.05, 4.69) is 10.1 Å². The van der Waals surface area contributed by atoms with Gasteiger partial charge < -0.3 is 15.0 Å². The third-order valence-electron chi connectivity index (χ3n) is 1.72. The predicted molar refractivity (Wildman–Crippen MR) is 41.8 cm³/mol. The molecule has 1 N–H and O–H groups in total. The van der Waals surface area contributed by atoms with E-state index in [0.717, 1.165) is 0 Å². The number of alkyl halides is 3. The minimum absolute atomic E-state index is 0.0903. The number of hydrogen-bond acceptors (Lipinski definition) is 2. The third-order valence-corrected chi connectivity index (χ3v) is 1.72. The number of rotatable bonds is 4. The molecule has 0 radical (unpaired) electrons. The lowest BCUT2D eigenvalue weighted by molar-refractivity contribution is -0.174. The molecule has 0 unspecified atom stereocenters. The number of amides is 2. The van der Waals surface area contributed by atoms with Crippen LogP contribution in [0.3, 0.4) is 0 Å². The monoisotopic (exact) mass is 212 g/mol. The molecule has 1 saturated heterocycles. The van der Waals surface area contributed by atoms with Crippen molar-refractivity contribution in [1.82, 2.24) is 10.2 Å². The summed E-state index contributed by atoms with van der Waals surface area (Å²) >= 11 is 0. The molecule has 0 aromatic rings. The molecule has 1 aliphatic rings. The van der Waals surface area contributed by atoms with Crippen LogP contribution in [0.25, 0.3) is 0 Å². The Kier molecular flexibility index (Phi) is 3.56. The van der Waals surface area contributed by atoms with Crippen molar-refractivity contribution in [2.75, 3.05) is 32.8 Å². The van der Waals surface area contributed by atoms with Crippen LogP contribution in [0.1, 0.15) is 0 Å². The largest absolute Gasteiger partial charge is 0.411 e. The Morgan fingerprint density at radius 2 is 2.21 bits per heavy atom. The molecule has 0 saturated carbocycles. The zero-order valence-corrected chi connectivity index (χ0v) is 7.43. The molecule has 0 atom stereocenters. The first-order valence-electron chi connectivity index (χ1n) is 4.16. The van der Waals surface area contributed by atoms with Crippen molar-refractivity contribution in [1.29, 1.82) is 0 Å². The molecule has 0 bridgehead atoms. The van der Waals surface area contributed by atoms with E-state index >= 15 is 0 Å². The second-order valence-corrected chi connectivity index (χ2v) is 2.89. The SMILES string of the molecule is O=C1NCCN1CCOCC(F)(F)F.